The number of cyclic esters (lactones) is 1. The summed E-state index contributed by atoms with van der Waals surface area (Å²) in [5, 5.41) is 0. The highest BCUT2D eigenvalue weighted by molar-refractivity contribution is 5.85. The highest BCUT2D eigenvalue weighted by Crippen LogP contribution is 2.32. The second-order valence-electron chi connectivity index (χ2n) is 4.18. The summed E-state index contributed by atoms with van der Waals surface area (Å²) in [6.45, 7) is 5.91. The van der Waals surface area contributed by atoms with Gasteiger partial charge in [0, 0.05) is 0 Å². The van der Waals surface area contributed by atoms with Crippen molar-refractivity contribution in [2.24, 2.45) is 11.8 Å². The number of rotatable bonds is 5. The van der Waals surface area contributed by atoms with Crippen LogP contribution in [0.25, 0.3) is 0 Å². The summed E-state index contributed by atoms with van der Waals surface area (Å²) >= 11 is 0. The van der Waals surface area contributed by atoms with Crippen LogP contribution < -0.4 is 0 Å². The SMILES string of the molecule is CCCCC1OC(=O)C(C)C1C(=O)OCC. The third-order valence-electron chi connectivity index (χ3n) is 2.98. The molecular weight excluding hydrogens is 208 g/mol. The Labute approximate surface area is 96.3 Å². The number of unbranched alkanes of at least 4 members (excludes halogenated alkanes) is 1. The summed E-state index contributed by atoms with van der Waals surface area (Å²) in [5.74, 6) is -1.37. The van der Waals surface area contributed by atoms with Crippen LogP contribution in [0.4, 0.5) is 0 Å². The van der Waals surface area contributed by atoms with Crippen LogP contribution in [0.2, 0.25) is 0 Å². The van der Waals surface area contributed by atoms with E-state index in [0.29, 0.717) is 6.61 Å². The van der Waals surface area contributed by atoms with Gasteiger partial charge in [-0.05, 0) is 13.3 Å². The molecule has 0 amide bonds. The van der Waals surface area contributed by atoms with Crippen molar-refractivity contribution in [1.29, 1.82) is 0 Å². The summed E-state index contributed by atoms with van der Waals surface area (Å²) in [4.78, 5) is 23.2. The lowest BCUT2D eigenvalue weighted by atomic mass is 9.89. The molecule has 0 aromatic rings. The topological polar surface area (TPSA) is 52.6 Å². The van der Waals surface area contributed by atoms with Crippen LogP contribution in [0.15, 0.2) is 0 Å². The van der Waals surface area contributed by atoms with Crippen LogP contribution in [0.5, 0.6) is 0 Å². The van der Waals surface area contributed by atoms with Gasteiger partial charge in [0.25, 0.3) is 0 Å². The molecule has 4 nitrogen and oxygen atoms in total. The molecule has 0 N–H and O–H groups in total. The molecule has 3 unspecified atom stereocenters. The van der Waals surface area contributed by atoms with Crippen LogP contribution in [0.1, 0.15) is 40.0 Å². The molecule has 0 spiro atoms. The first-order valence-corrected chi connectivity index (χ1v) is 5.98. The molecule has 0 radical (unpaired) electrons. The first-order valence-electron chi connectivity index (χ1n) is 5.98. The first kappa shape index (κ1) is 13.0. The maximum atomic E-state index is 11.7. The van der Waals surface area contributed by atoms with E-state index in [-0.39, 0.29) is 24.0 Å². The van der Waals surface area contributed by atoms with Crippen LogP contribution in [-0.4, -0.2) is 24.6 Å². The van der Waals surface area contributed by atoms with E-state index < -0.39 is 5.92 Å². The Bertz CT molecular complexity index is 262. The number of hydrogen-bond donors (Lipinski definition) is 0. The fourth-order valence-corrected chi connectivity index (χ4v) is 2.04. The van der Waals surface area contributed by atoms with Gasteiger partial charge in [-0.1, -0.05) is 26.7 Å². The van der Waals surface area contributed by atoms with Gasteiger partial charge in [-0.3, -0.25) is 9.59 Å². The standard InChI is InChI=1S/C12H20O4/c1-4-6-7-9-10(12(14)15-5-2)8(3)11(13)16-9/h8-10H,4-7H2,1-3H3. The minimum atomic E-state index is -0.418. The third kappa shape index (κ3) is 2.74. The van der Waals surface area contributed by atoms with E-state index >= 15 is 0 Å². The highest BCUT2D eigenvalue weighted by atomic mass is 16.6. The van der Waals surface area contributed by atoms with E-state index in [0.717, 1.165) is 19.3 Å². The lowest BCUT2D eigenvalue weighted by molar-refractivity contribution is -0.151. The molecule has 0 aromatic carbocycles. The smallest absolute Gasteiger partial charge is 0.313 e. The highest BCUT2D eigenvalue weighted by Gasteiger charge is 2.46. The van der Waals surface area contributed by atoms with Gasteiger partial charge in [0.05, 0.1) is 12.5 Å². The van der Waals surface area contributed by atoms with E-state index in [1.807, 2.05) is 0 Å². The maximum absolute atomic E-state index is 11.7. The Morgan fingerprint density at radius 2 is 2.12 bits per heavy atom. The molecule has 0 bridgehead atoms. The van der Waals surface area contributed by atoms with Crippen molar-refractivity contribution >= 4 is 11.9 Å². The summed E-state index contributed by atoms with van der Waals surface area (Å²) in [7, 11) is 0. The Hall–Kier alpha value is -1.06. The van der Waals surface area contributed by atoms with Gasteiger partial charge >= 0.3 is 11.9 Å². The Morgan fingerprint density at radius 3 is 2.69 bits per heavy atom. The molecule has 1 fully saturated rings. The number of hydrogen-bond acceptors (Lipinski definition) is 4. The van der Waals surface area contributed by atoms with Crippen LogP contribution in [0, 0.1) is 11.8 Å². The summed E-state index contributed by atoms with van der Waals surface area (Å²) in [6.07, 6.45) is 2.44. The average Bonchev–Trinajstić information content (AvgIpc) is 2.52. The van der Waals surface area contributed by atoms with Crippen LogP contribution in [-0.2, 0) is 19.1 Å². The first-order chi connectivity index (χ1) is 7.61. The fourth-order valence-electron chi connectivity index (χ4n) is 2.04. The molecule has 0 aromatic heterocycles. The molecular formula is C12H20O4. The number of esters is 2. The predicted octanol–water partition coefficient (Wildman–Crippen LogP) is 1.92. The Kier molecular flexibility index (Phi) is 4.77. The minimum absolute atomic E-state index is 0.279. The van der Waals surface area contributed by atoms with Crippen molar-refractivity contribution in [2.75, 3.05) is 6.61 Å². The molecule has 4 heteroatoms. The van der Waals surface area contributed by atoms with Crippen LogP contribution >= 0.6 is 0 Å². The van der Waals surface area contributed by atoms with Crippen molar-refractivity contribution < 1.29 is 19.1 Å². The molecule has 1 aliphatic rings. The van der Waals surface area contributed by atoms with E-state index in [1.54, 1.807) is 13.8 Å². The zero-order chi connectivity index (χ0) is 12.1. The number of ether oxygens (including phenoxy) is 2. The summed E-state index contributed by atoms with van der Waals surface area (Å²) in [5.41, 5.74) is 0. The molecule has 92 valence electrons. The van der Waals surface area contributed by atoms with E-state index in [9.17, 15) is 9.59 Å². The van der Waals surface area contributed by atoms with Crippen molar-refractivity contribution in [3.63, 3.8) is 0 Å². The van der Waals surface area contributed by atoms with Gasteiger partial charge in [0.15, 0.2) is 0 Å². The molecule has 1 heterocycles. The van der Waals surface area contributed by atoms with Gasteiger partial charge < -0.3 is 9.47 Å². The second kappa shape index (κ2) is 5.87. The van der Waals surface area contributed by atoms with Gasteiger partial charge in [-0.15, -0.1) is 0 Å². The molecule has 0 saturated carbocycles. The maximum Gasteiger partial charge on any atom is 0.313 e. The predicted molar refractivity (Wildman–Crippen MR) is 58.7 cm³/mol. The molecule has 1 aliphatic heterocycles. The lowest BCUT2D eigenvalue weighted by Gasteiger charge is -2.17. The van der Waals surface area contributed by atoms with Crippen molar-refractivity contribution in [2.45, 2.75) is 46.1 Å². The Morgan fingerprint density at radius 1 is 1.44 bits per heavy atom. The van der Waals surface area contributed by atoms with E-state index in [2.05, 4.69) is 6.92 Å². The minimum Gasteiger partial charge on any atom is -0.466 e. The quantitative estimate of drug-likeness (QED) is 0.674. The normalized spacial score (nSPS) is 28.9. The zero-order valence-electron chi connectivity index (χ0n) is 10.2. The summed E-state index contributed by atoms with van der Waals surface area (Å²) < 4.78 is 10.2. The summed E-state index contributed by atoms with van der Waals surface area (Å²) in [6, 6.07) is 0. The lowest BCUT2D eigenvalue weighted by Crippen LogP contribution is -2.30. The van der Waals surface area contributed by atoms with Gasteiger partial charge in [0.2, 0.25) is 0 Å². The van der Waals surface area contributed by atoms with Crippen molar-refractivity contribution in [3.8, 4) is 0 Å². The van der Waals surface area contributed by atoms with Crippen LogP contribution in [0.3, 0.4) is 0 Å². The zero-order valence-corrected chi connectivity index (χ0v) is 10.2. The van der Waals surface area contributed by atoms with E-state index in [4.69, 9.17) is 9.47 Å². The van der Waals surface area contributed by atoms with Gasteiger partial charge in [-0.25, -0.2) is 0 Å². The average molecular weight is 228 g/mol. The number of carbonyl (C=O) groups excluding carboxylic acids is 2. The molecule has 16 heavy (non-hydrogen) atoms. The van der Waals surface area contributed by atoms with Crippen molar-refractivity contribution in [3.05, 3.63) is 0 Å². The molecule has 1 rings (SSSR count). The molecule has 0 aliphatic carbocycles. The van der Waals surface area contributed by atoms with Gasteiger partial charge in [-0.2, -0.15) is 0 Å². The molecule has 1 saturated heterocycles. The second-order valence-corrected chi connectivity index (χ2v) is 4.18. The monoisotopic (exact) mass is 228 g/mol. The third-order valence-corrected chi connectivity index (χ3v) is 2.98. The van der Waals surface area contributed by atoms with E-state index in [1.165, 1.54) is 0 Å². The molecule has 3 atom stereocenters. The fraction of sp³-hybridized carbons (Fsp3) is 0.833. The number of carbonyl (C=O) groups is 2. The van der Waals surface area contributed by atoms with Gasteiger partial charge in [0.1, 0.15) is 12.0 Å². The largest absolute Gasteiger partial charge is 0.466 e. The Balaban J connectivity index is 2.67. The van der Waals surface area contributed by atoms with Crippen molar-refractivity contribution in [1.82, 2.24) is 0 Å².